The van der Waals surface area contributed by atoms with E-state index in [1.807, 2.05) is 30.0 Å². The molecule has 0 unspecified atom stereocenters. The second kappa shape index (κ2) is 8.77. The first-order chi connectivity index (χ1) is 8.66. The zero-order valence-electron chi connectivity index (χ0n) is 10.5. The average molecular weight is 347 g/mol. The quantitative estimate of drug-likeness (QED) is 0.550. The molecule has 0 bridgehead atoms. The Balaban J connectivity index is 2.47. The van der Waals surface area contributed by atoms with Crippen LogP contribution < -0.4 is 11.1 Å². The van der Waals surface area contributed by atoms with Gasteiger partial charge in [-0.3, -0.25) is 0 Å². The van der Waals surface area contributed by atoms with Crippen molar-refractivity contribution < 1.29 is 0 Å². The number of halogens is 1. The molecule has 0 saturated heterocycles. The van der Waals surface area contributed by atoms with E-state index in [9.17, 15) is 0 Å². The number of rotatable bonds is 8. The van der Waals surface area contributed by atoms with E-state index in [0.29, 0.717) is 4.99 Å². The average Bonchev–Trinajstić information content (AvgIpc) is 2.33. The van der Waals surface area contributed by atoms with E-state index < -0.39 is 0 Å². The van der Waals surface area contributed by atoms with E-state index in [0.717, 1.165) is 22.3 Å². The minimum Gasteiger partial charge on any atom is -0.389 e. The lowest BCUT2D eigenvalue weighted by Gasteiger charge is -2.12. The van der Waals surface area contributed by atoms with Gasteiger partial charge in [-0.1, -0.05) is 24.7 Å². The van der Waals surface area contributed by atoms with E-state index in [-0.39, 0.29) is 0 Å². The van der Waals surface area contributed by atoms with Gasteiger partial charge in [-0.15, -0.1) is 0 Å². The summed E-state index contributed by atoms with van der Waals surface area (Å²) in [6, 6.07) is 5.96. The first kappa shape index (κ1) is 15.8. The smallest absolute Gasteiger partial charge is 0.107 e. The summed E-state index contributed by atoms with van der Waals surface area (Å²) < 4.78 is 0.947. The van der Waals surface area contributed by atoms with Crippen LogP contribution >= 0.6 is 39.9 Å². The van der Waals surface area contributed by atoms with Crippen LogP contribution in [0.15, 0.2) is 22.7 Å². The van der Waals surface area contributed by atoms with Crippen molar-refractivity contribution in [2.75, 3.05) is 23.9 Å². The Morgan fingerprint density at radius 2 is 2.17 bits per heavy atom. The predicted molar refractivity (Wildman–Crippen MR) is 90.8 cm³/mol. The van der Waals surface area contributed by atoms with Crippen molar-refractivity contribution in [1.82, 2.24) is 0 Å². The SMILES string of the molecule is CSCCCCCNc1cccc(Br)c1C(N)=S. The number of nitrogens with one attached hydrogen (secondary N) is 1. The van der Waals surface area contributed by atoms with Gasteiger partial charge in [0.15, 0.2) is 0 Å². The lowest BCUT2D eigenvalue weighted by atomic mass is 10.1. The molecule has 0 radical (unpaired) electrons. The molecule has 0 aliphatic carbocycles. The standard InChI is InChI=1S/C13H19BrN2S2/c1-18-9-4-2-3-8-16-11-7-5-6-10(14)12(11)13(15)17/h5-7,16H,2-4,8-9H2,1H3,(H2,15,17). The molecule has 0 amide bonds. The molecule has 0 atom stereocenters. The highest BCUT2D eigenvalue weighted by Gasteiger charge is 2.08. The number of anilines is 1. The topological polar surface area (TPSA) is 38.0 Å². The maximum atomic E-state index is 5.74. The zero-order chi connectivity index (χ0) is 13.4. The maximum absolute atomic E-state index is 5.74. The van der Waals surface area contributed by atoms with E-state index >= 15 is 0 Å². The number of thioether (sulfide) groups is 1. The predicted octanol–water partition coefficient (Wildman–Crippen LogP) is 4.03. The van der Waals surface area contributed by atoms with E-state index in [2.05, 4.69) is 27.5 Å². The van der Waals surface area contributed by atoms with Crippen molar-refractivity contribution in [2.45, 2.75) is 19.3 Å². The van der Waals surface area contributed by atoms with Crippen molar-refractivity contribution in [3.05, 3.63) is 28.2 Å². The lowest BCUT2D eigenvalue weighted by molar-refractivity contribution is 0.749. The van der Waals surface area contributed by atoms with Crippen LogP contribution in [0.25, 0.3) is 0 Å². The number of thiocarbonyl (C=S) groups is 1. The summed E-state index contributed by atoms with van der Waals surface area (Å²) in [5.74, 6) is 1.25. The summed E-state index contributed by atoms with van der Waals surface area (Å²) in [6.07, 6.45) is 5.85. The highest BCUT2D eigenvalue weighted by atomic mass is 79.9. The van der Waals surface area contributed by atoms with Gasteiger partial charge in [0.1, 0.15) is 4.99 Å². The lowest BCUT2D eigenvalue weighted by Crippen LogP contribution is -2.14. The Hall–Kier alpha value is -0.260. The number of benzene rings is 1. The first-order valence-electron chi connectivity index (χ1n) is 5.98. The molecule has 1 aromatic rings. The van der Waals surface area contributed by atoms with Crippen LogP contribution in [-0.4, -0.2) is 23.5 Å². The van der Waals surface area contributed by atoms with Crippen molar-refractivity contribution in [3.8, 4) is 0 Å². The zero-order valence-corrected chi connectivity index (χ0v) is 13.8. The minimum absolute atomic E-state index is 0.423. The molecule has 18 heavy (non-hydrogen) atoms. The molecule has 5 heteroatoms. The van der Waals surface area contributed by atoms with Crippen LogP contribution in [-0.2, 0) is 0 Å². The molecule has 0 spiro atoms. The number of hydrogen-bond donors (Lipinski definition) is 2. The Labute approximate surface area is 127 Å². The molecule has 0 aliphatic rings. The summed E-state index contributed by atoms with van der Waals surface area (Å²) in [5, 5.41) is 3.41. The summed E-state index contributed by atoms with van der Waals surface area (Å²) in [5.41, 5.74) is 7.66. The first-order valence-corrected chi connectivity index (χ1v) is 8.57. The Morgan fingerprint density at radius 3 is 2.83 bits per heavy atom. The third-order valence-corrected chi connectivity index (χ3v) is 4.16. The van der Waals surface area contributed by atoms with Gasteiger partial charge < -0.3 is 11.1 Å². The van der Waals surface area contributed by atoms with Gasteiger partial charge in [-0.2, -0.15) is 11.8 Å². The highest BCUT2D eigenvalue weighted by Crippen LogP contribution is 2.24. The van der Waals surface area contributed by atoms with Crippen LogP contribution in [0.3, 0.4) is 0 Å². The van der Waals surface area contributed by atoms with Crippen molar-refractivity contribution in [2.24, 2.45) is 5.73 Å². The third kappa shape index (κ3) is 5.16. The van der Waals surface area contributed by atoms with Crippen LogP contribution in [0.4, 0.5) is 5.69 Å². The molecule has 0 aromatic heterocycles. The monoisotopic (exact) mass is 346 g/mol. The molecule has 100 valence electrons. The highest BCUT2D eigenvalue weighted by molar-refractivity contribution is 9.10. The molecule has 0 heterocycles. The molecule has 2 nitrogen and oxygen atoms in total. The molecule has 1 rings (SSSR count). The molecule has 0 aliphatic heterocycles. The summed E-state index contributed by atoms with van der Waals surface area (Å²) in [6.45, 7) is 0.959. The van der Waals surface area contributed by atoms with E-state index in [1.54, 1.807) is 0 Å². The molecule has 0 fully saturated rings. The van der Waals surface area contributed by atoms with Crippen LogP contribution in [0.2, 0.25) is 0 Å². The van der Waals surface area contributed by atoms with Gasteiger partial charge in [0.2, 0.25) is 0 Å². The maximum Gasteiger partial charge on any atom is 0.107 e. The Bertz CT molecular complexity index is 397. The molecular weight excluding hydrogens is 328 g/mol. The largest absolute Gasteiger partial charge is 0.389 e. The molecular formula is C13H19BrN2S2. The number of hydrogen-bond acceptors (Lipinski definition) is 3. The second-order valence-corrected chi connectivity index (χ2v) is 6.29. The van der Waals surface area contributed by atoms with E-state index in [4.69, 9.17) is 18.0 Å². The fourth-order valence-corrected chi connectivity index (χ4v) is 3.12. The summed E-state index contributed by atoms with van der Waals surface area (Å²) in [4.78, 5) is 0.423. The van der Waals surface area contributed by atoms with Crippen LogP contribution in [0.5, 0.6) is 0 Å². The van der Waals surface area contributed by atoms with Crippen LogP contribution in [0.1, 0.15) is 24.8 Å². The van der Waals surface area contributed by atoms with E-state index in [1.165, 1.54) is 25.0 Å². The molecule has 1 aromatic carbocycles. The second-order valence-electron chi connectivity index (χ2n) is 4.01. The van der Waals surface area contributed by atoms with Crippen LogP contribution in [0, 0.1) is 0 Å². The van der Waals surface area contributed by atoms with Crippen molar-refractivity contribution in [3.63, 3.8) is 0 Å². The third-order valence-electron chi connectivity index (χ3n) is 2.60. The number of unbranched alkanes of at least 4 members (excludes halogenated alkanes) is 2. The van der Waals surface area contributed by atoms with Gasteiger partial charge in [-0.25, -0.2) is 0 Å². The fraction of sp³-hybridized carbons (Fsp3) is 0.462. The minimum atomic E-state index is 0.423. The fourth-order valence-electron chi connectivity index (χ4n) is 1.69. The van der Waals surface area contributed by atoms with Gasteiger partial charge in [0, 0.05) is 22.3 Å². The molecule has 0 saturated carbocycles. The normalized spacial score (nSPS) is 10.3. The molecule has 3 N–H and O–H groups in total. The van der Waals surface area contributed by atoms with Gasteiger partial charge in [0.05, 0.1) is 0 Å². The van der Waals surface area contributed by atoms with Gasteiger partial charge >= 0.3 is 0 Å². The Kier molecular flexibility index (Phi) is 7.70. The summed E-state index contributed by atoms with van der Waals surface area (Å²) in [7, 11) is 0. The van der Waals surface area contributed by atoms with Gasteiger partial charge in [-0.05, 0) is 52.9 Å². The van der Waals surface area contributed by atoms with Crippen molar-refractivity contribution in [1.29, 1.82) is 0 Å². The number of nitrogens with two attached hydrogens (primary N) is 1. The van der Waals surface area contributed by atoms with Gasteiger partial charge in [0.25, 0.3) is 0 Å². The van der Waals surface area contributed by atoms with Crippen molar-refractivity contribution >= 4 is 50.6 Å². The Morgan fingerprint density at radius 1 is 1.39 bits per heavy atom. The summed E-state index contributed by atoms with van der Waals surface area (Å²) >= 11 is 10.5.